The Morgan fingerprint density at radius 2 is 0.897 bits per heavy atom. The van der Waals surface area contributed by atoms with Crippen LogP contribution in [0.5, 0.6) is 0 Å². The van der Waals surface area contributed by atoms with E-state index < -0.39 is 0 Å². The Labute approximate surface area is 229 Å². The highest BCUT2D eigenvalue weighted by Crippen LogP contribution is 2.34. The molecular weight excluding hydrogens is 474 g/mol. The van der Waals surface area contributed by atoms with Gasteiger partial charge in [0.1, 0.15) is 0 Å². The largest absolute Gasteiger partial charge is 0.256 e. The normalized spacial score (nSPS) is 11.3. The van der Waals surface area contributed by atoms with Crippen molar-refractivity contribution in [2.24, 2.45) is 0 Å². The second-order valence-electron chi connectivity index (χ2n) is 10.2. The van der Waals surface area contributed by atoms with Gasteiger partial charge in [-0.2, -0.15) is 0 Å². The number of aromatic nitrogens is 3. The fourth-order valence-electron chi connectivity index (χ4n) is 4.88. The second kappa shape index (κ2) is 10.5. The average molecular weight is 504 g/mol. The van der Waals surface area contributed by atoms with Crippen molar-refractivity contribution in [3.8, 4) is 45.2 Å². The summed E-state index contributed by atoms with van der Waals surface area (Å²) in [5.74, 6) is 0.722. The van der Waals surface area contributed by atoms with Gasteiger partial charge in [-0.15, -0.1) is 0 Å². The molecule has 0 saturated heterocycles. The van der Waals surface area contributed by atoms with Gasteiger partial charge in [0.15, 0.2) is 5.82 Å². The molecule has 0 aliphatic rings. The van der Waals surface area contributed by atoms with Crippen molar-refractivity contribution in [1.82, 2.24) is 15.0 Å². The van der Waals surface area contributed by atoms with E-state index in [1.165, 1.54) is 11.1 Å². The van der Waals surface area contributed by atoms with Crippen LogP contribution in [0.4, 0.5) is 0 Å². The van der Waals surface area contributed by atoms with E-state index in [-0.39, 0.29) is 5.41 Å². The molecule has 3 nitrogen and oxygen atoms in total. The minimum absolute atomic E-state index is 0.164. The minimum Gasteiger partial charge on any atom is -0.256 e. The number of hydrogen-bond donors (Lipinski definition) is 0. The number of hydrogen-bond acceptors (Lipinski definition) is 3. The monoisotopic (exact) mass is 503 g/mol. The molecule has 4 aromatic carbocycles. The third kappa shape index (κ3) is 5.12. The van der Waals surface area contributed by atoms with E-state index in [4.69, 9.17) is 9.97 Å². The summed E-state index contributed by atoms with van der Waals surface area (Å²) in [6.45, 7) is 4.52. The maximum atomic E-state index is 4.97. The van der Waals surface area contributed by atoms with E-state index in [1.807, 2.05) is 60.8 Å². The Morgan fingerprint density at radius 1 is 0.436 bits per heavy atom. The lowest BCUT2D eigenvalue weighted by Crippen LogP contribution is -2.18. The van der Waals surface area contributed by atoms with Crippen LogP contribution in [0.2, 0.25) is 0 Å². The quantitative estimate of drug-likeness (QED) is 0.228. The van der Waals surface area contributed by atoms with Crippen LogP contribution in [0.25, 0.3) is 45.2 Å². The van der Waals surface area contributed by atoms with Crippen LogP contribution in [0.15, 0.2) is 140 Å². The molecule has 0 radical (unpaired) electrons. The fraction of sp³-hybridized carbons (Fsp3) is 0.0833. The highest BCUT2D eigenvalue weighted by molar-refractivity contribution is 5.72. The fourth-order valence-corrected chi connectivity index (χ4v) is 4.88. The molecule has 0 bridgehead atoms. The van der Waals surface area contributed by atoms with E-state index >= 15 is 0 Å². The molecule has 0 amide bonds. The molecule has 0 aliphatic carbocycles. The minimum atomic E-state index is -0.164. The first kappa shape index (κ1) is 24.4. The van der Waals surface area contributed by atoms with Crippen molar-refractivity contribution in [2.45, 2.75) is 19.3 Å². The average Bonchev–Trinajstić information content (AvgIpc) is 3.02. The summed E-state index contributed by atoms with van der Waals surface area (Å²) in [5, 5.41) is 0. The first-order valence-corrected chi connectivity index (χ1v) is 13.2. The van der Waals surface area contributed by atoms with Gasteiger partial charge in [-0.3, -0.25) is 4.98 Å². The molecule has 0 fully saturated rings. The molecule has 6 rings (SSSR count). The molecule has 3 heteroatoms. The third-order valence-corrected chi connectivity index (χ3v) is 7.30. The van der Waals surface area contributed by atoms with Crippen LogP contribution in [0.1, 0.15) is 25.0 Å². The molecule has 0 aliphatic heterocycles. The van der Waals surface area contributed by atoms with Crippen LogP contribution in [0.3, 0.4) is 0 Å². The lowest BCUT2D eigenvalue weighted by molar-refractivity contribution is 0.641. The van der Waals surface area contributed by atoms with Gasteiger partial charge >= 0.3 is 0 Å². The standard InChI is InChI=1S/C36H29N3/c1-36(2,30-20-16-28(17-21-30)32-15-9-10-24-37-32)31-22-18-29(19-23-31)35-38-33(26-11-5-3-6-12-26)25-34(39-35)27-13-7-4-8-14-27/h3-25H,1-2H3. The van der Waals surface area contributed by atoms with E-state index in [2.05, 4.69) is 97.7 Å². The SMILES string of the molecule is CC(C)(c1ccc(-c2ccccn2)cc1)c1ccc(-c2nc(-c3ccccc3)cc(-c3ccccc3)n2)cc1. The van der Waals surface area contributed by atoms with Crippen molar-refractivity contribution >= 4 is 0 Å². The maximum absolute atomic E-state index is 4.97. The molecule has 0 saturated carbocycles. The summed E-state index contributed by atoms with van der Waals surface area (Å²) in [6.07, 6.45) is 1.83. The Hall–Kier alpha value is -4.89. The van der Waals surface area contributed by atoms with E-state index in [0.29, 0.717) is 0 Å². The molecule has 2 aromatic heterocycles. The lowest BCUT2D eigenvalue weighted by Gasteiger charge is -2.26. The first-order chi connectivity index (χ1) is 19.1. The van der Waals surface area contributed by atoms with Crippen LogP contribution < -0.4 is 0 Å². The van der Waals surface area contributed by atoms with Gasteiger partial charge in [0.25, 0.3) is 0 Å². The molecule has 0 spiro atoms. The summed E-state index contributed by atoms with van der Waals surface area (Å²) in [5.41, 5.74) is 9.40. The maximum Gasteiger partial charge on any atom is 0.160 e. The number of nitrogens with zero attached hydrogens (tertiary/aromatic N) is 3. The number of pyridine rings is 1. The van der Waals surface area contributed by atoms with Crippen molar-refractivity contribution in [2.75, 3.05) is 0 Å². The Morgan fingerprint density at radius 3 is 1.38 bits per heavy atom. The van der Waals surface area contributed by atoms with Crippen molar-refractivity contribution in [3.05, 3.63) is 151 Å². The Kier molecular flexibility index (Phi) is 6.56. The van der Waals surface area contributed by atoms with Gasteiger partial charge in [-0.05, 0) is 29.3 Å². The van der Waals surface area contributed by atoms with Gasteiger partial charge < -0.3 is 0 Å². The van der Waals surface area contributed by atoms with Crippen LogP contribution in [-0.4, -0.2) is 15.0 Å². The predicted octanol–water partition coefficient (Wildman–Crippen LogP) is 8.87. The van der Waals surface area contributed by atoms with Crippen LogP contribution in [-0.2, 0) is 5.41 Å². The van der Waals surface area contributed by atoms with E-state index in [1.54, 1.807) is 0 Å². The van der Waals surface area contributed by atoms with Gasteiger partial charge in [0.2, 0.25) is 0 Å². The van der Waals surface area contributed by atoms with Gasteiger partial charge in [0.05, 0.1) is 17.1 Å². The Bertz CT molecular complexity index is 1620. The zero-order valence-electron chi connectivity index (χ0n) is 22.1. The van der Waals surface area contributed by atoms with Gasteiger partial charge in [-0.25, -0.2) is 9.97 Å². The molecule has 0 unspecified atom stereocenters. The second-order valence-corrected chi connectivity index (χ2v) is 10.2. The number of benzene rings is 4. The van der Waals surface area contributed by atoms with Crippen molar-refractivity contribution < 1.29 is 0 Å². The molecule has 0 atom stereocenters. The third-order valence-electron chi connectivity index (χ3n) is 7.30. The highest BCUT2D eigenvalue weighted by atomic mass is 14.9. The zero-order chi connectivity index (χ0) is 26.7. The van der Waals surface area contributed by atoms with Gasteiger partial charge in [0, 0.05) is 33.9 Å². The summed E-state index contributed by atoms with van der Waals surface area (Å²) in [7, 11) is 0. The first-order valence-electron chi connectivity index (χ1n) is 13.2. The number of rotatable bonds is 6. The molecule has 2 heterocycles. The molecule has 0 N–H and O–H groups in total. The van der Waals surface area contributed by atoms with Gasteiger partial charge in [-0.1, -0.05) is 129 Å². The molecule has 6 aromatic rings. The topological polar surface area (TPSA) is 38.7 Å². The Balaban J connectivity index is 1.34. The summed E-state index contributed by atoms with van der Waals surface area (Å²) < 4.78 is 0. The smallest absolute Gasteiger partial charge is 0.160 e. The summed E-state index contributed by atoms with van der Waals surface area (Å²) >= 11 is 0. The van der Waals surface area contributed by atoms with Crippen LogP contribution >= 0.6 is 0 Å². The molecule has 39 heavy (non-hydrogen) atoms. The lowest BCUT2D eigenvalue weighted by atomic mass is 9.77. The molecule has 188 valence electrons. The summed E-state index contributed by atoms with van der Waals surface area (Å²) in [4.78, 5) is 14.4. The van der Waals surface area contributed by atoms with E-state index in [0.717, 1.165) is 45.2 Å². The predicted molar refractivity (Wildman–Crippen MR) is 160 cm³/mol. The summed E-state index contributed by atoms with van der Waals surface area (Å²) in [6, 6.07) is 46.0. The highest BCUT2D eigenvalue weighted by Gasteiger charge is 2.23. The van der Waals surface area contributed by atoms with Crippen LogP contribution in [0, 0.1) is 0 Å². The van der Waals surface area contributed by atoms with Crippen molar-refractivity contribution in [1.29, 1.82) is 0 Å². The van der Waals surface area contributed by atoms with Crippen molar-refractivity contribution in [3.63, 3.8) is 0 Å². The van der Waals surface area contributed by atoms with E-state index in [9.17, 15) is 0 Å². The molecular formula is C36H29N3. The zero-order valence-corrected chi connectivity index (χ0v) is 22.1.